The molecule has 0 saturated carbocycles. The number of benzene rings is 1. The van der Waals surface area contributed by atoms with Crippen molar-refractivity contribution in [3.05, 3.63) is 48.3 Å². The predicted octanol–water partition coefficient (Wildman–Crippen LogP) is 1.64. The molecule has 2 atom stereocenters. The van der Waals surface area contributed by atoms with Crippen LogP contribution in [0.2, 0.25) is 0 Å². The van der Waals surface area contributed by atoms with E-state index in [1.165, 1.54) is 0 Å². The van der Waals surface area contributed by atoms with Gasteiger partial charge in [-0.3, -0.25) is 0 Å². The summed E-state index contributed by atoms with van der Waals surface area (Å²) in [5.41, 5.74) is 7.53. The molecule has 3 N–H and O–H groups in total. The molecule has 0 aliphatic rings. The number of para-hydroxylation sites is 1. The van der Waals surface area contributed by atoms with Crippen LogP contribution in [0.3, 0.4) is 0 Å². The van der Waals surface area contributed by atoms with Crippen molar-refractivity contribution in [2.75, 3.05) is 0 Å². The number of aromatic nitrogens is 2. The first-order valence-electron chi connectivity index (χ1n) is 5.76. The Labute approximate surface area is 101 Å². The Morgan fingerprint density at radius 2 is 2.06 bits per heavy atom. The van der Waals surface area contributed by atoms with Crippen LogP contribution in [-0.2, 0) is 0 Å². The number of rotatable bonds is 4. The maximum Gasteiger partial charge on any atom is 0.0971 e. The zero-order valence-corrected chi connectivity index (χ0v) is 9.82. The summed E-state index contributed by atoms with van der Waals surface area (Å²) >= 11 is 0. The minimum absolute atomic E-state index is 0.247. The van der Waals surface area contributed by atoms with Crippen molar-refractivity contribution < 1.29 is 5.11 Å². The molecule has 2 unspecified atom stereocenters. The van der Waals surface area contributed by atoms with Gasteiger partial charge in [-0.1, -0.05) is 25.1 Å². The first kappa shape index (κ1) is 11.8. The smallest absolute Gasteiger partial charge is 0.0971 e. The van der Waals surface area contributed by atoms with Crippen LogP contribution in [0.1, 0.15) is 25.0 Å². The van der Waals surface area contributed by atoms with Crippen LogP contribution in [0.15, 0.2) is 42.7 Å². The summed E-state index contributed by atoms with van der Waals surface area (Å²) < 4.78 is 1.74. The van der Waals surface area contributed by atoms with Gasteiger partial charge in [0.05, 0.1) is 18.0 Å². The highest BCUT2D eigenvalue weighted by molar-refractivity contribution is 5.31. The van der Waals surface area contributed by atoms with Crippen LogP contribution in [0.5, 0.6) is 0 Å². The number of aliphatic hydroxyl groups excluding tert-OH is 1. The van der Waals surface area contributed by atoms with Crippen molar-refractivity contribution in [1.29, 1.82) is 0 Å². The van der Waals surface area contributed by atoms with Crippen molar-refractivity contribution >= 4 is 0 Å². The van der Waals surface area contributed by atoms with Crippen molar-refractivity contribution in [2.24, 2.45) is 5.73 Å². The van der Waals surface area contributed by atoms with E-state index in [-0.39, 0.29) is 6.04 Å². The van der Waals surface area contributed by atoms with Gasteiger partial charge in [-0.15, -0.1) is 0 Å². The zero-order chi connectivity index (χ0) is 12.3. The molecular weight excluding hydrogens is 214 g/mol. The van der Waals surface area contributed by atoms with E-state index in [0.717, 1.165) is 17.7 Å². The van der Waals surface area contributed by atoms with Crippen molar-refractivity contribution in [3.63, 3.8) is 0 Å². The summed E-state index contributed by atoms with van der Waals surface area (Å²) in [5.74, 6) is 0. The van der Waals surface area contributed by atoms with Gasteiger partial charge in [0.25, 0.3) is 0 Å². The lowest BCUT2D eigenvalue weighted by atomic mass is 10.0. The number of aliphatic hydroxyl groups is 1. The molecule has 1 aromatic heterocycles. The topological polar surface area (TPSA) is 64.1 Å². The average molecular weight is 231 g/mol. The lowest BCUT2D eigenvalue weighted by molar-refractivity contribution is 0.144. The predicted molar refractivity (Wildman–Crippen MR) is 66.8 cm³/mol. The molecular formula is C13H17N3O. The van der Waals surface area contributed by atoms with Crippen LogP contribution in [0.25, 0.3) is 5.69 Å². The minimum atomic E-state index is -0.655. The van der Waals surface area contributed by atoms with Crippen molar-refractivity contribution in [3.8, 4) is 5.69 Å². The van der Waals surface area contributed by atoms with Gasteiger partial charge in [-0.25, -0.2) is 4.68 Å². The summed E-state index contributed by atoms with van der Waals surface area (Å²) in [7, 11) is 0. The molecule has 0 amide bonds. The quantitative estimate of drug-likeness (QED) is 0.840. The van der Waals surface area contributed by atoms with Gasteiger partial charge in [-0.05, 0) is 18.6 Å². The van der Waals surface area contributed by atoms with E-state index in [9.17, 15) is 5.11 Å². The molecule has 0 radical (unpaired) electrons. The van der Waals surface area contributed by atoms with E-state index < -0.39 is 6.10 Å². The average Bonchev–Trinajstić information content (AvgIpc) is 2.87. The normalized spacial score (nSPS) is 14.5. The molecule has 2 rings (SSSR count). The van der Waals surface area contributed by atoms with Crippen molar-refractivity contribution in [1.82, 2.24) is 9.78 Å². The van der Waals surface area contributed by atoms with Crippen LogP contribution in [0.4, 0.5) is 0 Å². The number of nitrogens with zero attached hydrogens (tertiary/aromatic N) is 2. The molecule has 0 aliphatic heterocycles. The van der Waals surface area contributed by atoms with Crippen LogP contribution >= 0.6 is 0 Å². The largest absolute Gasteiger partial charge is 0.387 e. The zero-order valence-electron chi connectivity index (χ0n) is 9.82. The molecule has 90 valence electrons. The Kier molecular flexibility index (Phi) is 3.56. The molecule has 0 saturated heterocycles. The van der Waals surface area contributed by atoms with Crippen LogP contribution < -0.4 is 5.73 Å². The van der Waals surface area contributed by atoms with E-state index in [2.05, 4.69) is 5.10 Å². The molecule has 0 bridgehead atoms. The summed E-state index contributed by atoms with van der Waals surface area (Å²) in [5, 5.41) is 14.2. The number of hydrogen-bond acceptors (Lipinski definition) is 3. The first-order chi connectivity index (χ1) is 8.22. The second kappa shape index (κ2) is 5.12. The third-order valence-corrected chi connectivity index (χ3v) is 2.84. The fraction of sp³-hybridized carbons (Fsp3) is 0.308. The molecule has 0 fully saturated rings. The Morgan fingerprint density at radius 1 is 1.35 bits per heavy atom. The lowest BCUT2D eigenvalue weighted by Crippen LogP contribution is -2.27. The molecule has 1 heterocycles. The molecule has 1 aromatic carbocycles. The molecule has 4 nitrogen and oxygen atoms in total. The molecule has 17 heavy (non-hydrogen) atoms. The summed E-state index contributed by atoms with van der Waals surface area (Å²) in [6.07, 6.45) is 3.55. The Balaban J connectivity index is 2.22. The number of hydrogen-bond donors (Lipinski definition) is 2. The van der Waals surface area contributed by atoms with Crippen molar-refractivity contribution in [2.45, 2.75) is 25.5 Å². The van der Waals surface area contributed by atoms with Gasteiger partial charge >= 0.3 is 0 Å². The van der Waals surface area contributed by atoms with E-state index in [4.69, 9.17) is 5.73 Å². The fourth-order valence-electron chi connectivity index (χ4n) is 1.68. The molecule has 0 aliphatic carbocycles. The lowest BCUT2D eigenvalue weighted by Gasteiger charge is -2.14. The highest BCUT2D eigenvalue weighted by Crippen LogP contribution is 2.18. The minimum Gasteiger partial charge on any atom is -0.387 e. The summed E-state index contributed by atoms with van der Waals surface area (Å²) in [4.78, 5) is 0. The Morgan fingerprint density at radius 3 is 2.71 bits per heavy atom. The van der Waals surface area contributed by atoms with E-state index in [1.54, 1.807) is 10.9 Å². The summed E-state index contributed by atoms with van der Waals surface area (Å²) in [6.45, 7) is 1.95. The van der Waals surface area contributed by atoms with Gasteiger partial charge in [0.2, 0.25) is 0 Å². The SMILES string of the molecule is CCC(N)C(O)c1cnn(-c2ccccc2)c1. The molecule has 2 aromatic rings. The summed E-state index contributed by atoms with van der Waals surface area (Å²) in [6, 6.07) is 9.53. The third-order valence-electron chi connectivity index (χ3n) is 2.84. The second-order valence-corrected chi connectivity index (χ2v) is 4.07. The van der Waals surface area contributed by atoms with Gasteiger partial charge in [-0.2, -0.15) is 5.10 Å². The highest BCUT2D eigenvalue weighted by atomic mass is 16.3. The monoisotopic (exact) mass is 231 g/mol. The Hall–Kier alpha value is -1.65. The maximum absolute atomic E-state index is 9.97. The van der Waals surface area contributed by atoms with Gasteiger partial charge in [0, 0.05) is 17.8 Å². The fourth-order valence-corrected chi connectivity index (χ4v) is 1.68. The van der Waals surface area contributed by atoms with E-state index in [0.29, 0.717) is 0 Å². The van der Waals surface area contributed by atoms with E-state index in [1.807, 2.05) is 43.5 Å². The first-order valence-corrected chi connectivity index (χ1v) is 5.76. The number of nitrogens with two attached hydrogens (primary N) is 1. The molecule has 0 spiro atoms. The van der Waals surface area contributed by atoms with Crippen LogP contribution in [0, 0.1) is 0 Å². The standard InChI is InChI=1S/C13H17N3O/c1-2-12(14)13(17)10-8-15-16(9-10)11-6-4-3-5-7-11/h3-9,12-13,17H,2,14H2,1H3. The van der Waals surface area contributed by atoms with Gasteiger partial charge < -0.3 is 10.8 Å². The maximum atomic E-state index is 9.97. The van der Waals surface area contributed by atoms with Gasteiger partial charge in [0.1, 0.15) is 0 Å². The van der Waals surface area contributed by atoms with E-state index >= 15 is 0 Å². The molecule has 4 heteroatoms. The Bertz CT molecular complexity index is 467. The van der Waals surface area contributed by atoms with Gasteiger partial charge in [0.15, 0.2) is 0 Å². The van der Waals surface area contributed by atoms with Crippen LogP contribution in [-0.4, -0.2) is 20.9 Å². The third kappa shape index (κ3) is 2.54. The second-order valence-electron chi connectivity index (χ2n) is 4.07. The highest BCUT2D eigenvalue weighted by Gasteiger charge is 2.16.